The molecule has 7 heteroatoms. The van der Waals surface area contributed by atoms with Gasteiger partial charge in [0.1, 0.15) is 0 Å². The van der Waals surface area contributed by atoms with E-state index in [9.17, 15) is 14.4 Å². The van der Waals surface area contributed by atoms with E-state index in [0.717, 1.165) is 26.7 Å². The Labute approximate surface area is 163 Å². The smallest absolute Gasteiger partial charge is 0.293 e. The lowest BCUT2D eigenvalue weighted by Gasteiger charge is -2.12. The summed E-state index contributed by atoms with van der Waals surface area (Å²) in [5, 5.41) is 2.38. The maximum Gasteiger partial charge on any atom is 0.293 e. The van der Waals surface area contributed by atoms with Crippen LogP contribution in [0.5, 0.6) is 0 Å². The van der Waals surface area contributed by atoms with E-state index in [2.05, 4.69) is 21.2 Å². The molecule has 1 aliphatic rings. The van der Waals surface area contributed by atoms with Gasteiger partial charge in [0.2, 0.25) is 5.91 Å². The quantitative estimate of drug-likeness (QED) is 0.708. The molecule has 0 unspecified atom stereocenters. The van der Waals surface area contributed by atoms with Crippen LogP contribution in [0.25, 0.3) is 6.08 Å². The van der Waals surface area contributed by atoms with Crippen molar-refractivity contribution in [1.82, 2.24) is 4.90 Å². The molecule has 0 aliphatic carbocycles. The fraction of sp³-hybridized carbons (Fsp3) is 0.105. The number of nitrogens with one attached hydrogen (secondary N) is 1. The van der Waals surface area contributed by atoms with Crippen LogP contribution in [-0.2, 0) is 9.59 Å². The molecule has 1 saturated heterocycles. The lowest BCUT2D eigenvalue weighted by atomic mass is 10.2. The summed E-state index contributed by atoms with van der Waals surface area (Å²) in [6, 6.07) is 16.5. The Bertz CT molecular complexity index is 883. The molecular formula is C19H15BrN2O3S. The Morgan fingerprint density at radius 3 is 2.62 bits per heavy atom. The SMILES string of the molecule is O=C(CCN1C(=O)S/C(=C\c2cccc(Br)c2)C1=O)Nc1ccccc1. The first kappa shape index (κ1) is 18.4. The third-order valence-corrected chi connectivity index (χ3v) is 5.04. The van der Waals surface area contributed by atoms with Gasteiger partial charge in [0.25, 0.3) is 11.1 Å². The van der Waals surface area contributed by atoms with Crippen LogP contribution >= 0.6 is 27.7 Å². The first-order valence-electron chi connectivity index (χ1n) is 7.89. The number of carbonyl (C=O) groups is 3. The predicted molar refractivity (Wildman–Crippen MR) is 107 cm³/mol. The normalized spacial score (nSPS) is 15.6. The van der Waals surface area contributed by atoms with Gasteiger partial charge in [-0.15, -0.1) is 0 Å². The third kappa shape index (κ3) is 4.62. The lowest BCUT2D eigenvalue weighted by molar-refractivity contribution is -0.123. The van der Waals surface area contributed by atoms with E-state index in [1.807, 2.05) is 42.5 Å². The molecule has 2 aromatic rings. The van der Waals surface area contributed by atoms with Crippen LogP contribution in [0.4, 0.5) is 10.5 Å². The summed E-state index contributed by atoms with van der Waals surface area (Å²) in [6.07, 6.45) is 1.73. The highest BCUT2D eigenvalue weighted by Gasteiger charge is 2.35. The molecule has 0 atom stereocenters. The van der Waals surface area contributed by atoms with Crippen LogP contribution in [0.3, 0.4) is 0 Å². The van der Waals surface area contributed by atoms with E-state index in [1.165, 1.54) is 0 Å². The molecule has 0 bridgehead atoms. The second kappa shape index (κ2) is 8.33. The molecule has 0 radical (unpaired) electrons. The van der Waals surface area contributed by atoms with E-state index in [0.29, 0.717) is 10.6 Å². The van der Waals surface area contributed by atoms with E-state index in [-0.39, 0.29) is 30.0 Å². The number of hydrogen-bond donors (Lipinski definition) is 1. The lowest BCUT2D eigenvalue weighted by Crippen LogP contribution is -2.31. The van der Waals surface area contributed by atoms with E-state index in [1.54, 1.807) is 18.2 Å². The zero-order valence-corrected chi connectivity index (χ0v) is 16.0. The van der Waals surface area contributed by atoms with E-state index in [4.69, 9.17) is 0 Å². The summed E-state index contributed by atoms with van der Waals surface area (Å²) in [7, 11) is 0. The van der Waals surface area contributed by atoms with Crippen molar-refractivity contribution in [2.45, 2.75) is 6.42 Å². The zero-order valence-electron chi connectivity index (χ0n) is 13.6. The number of hydrogen-bond acceptors (Lipinski definition) is 4. The number of imide groups is 1. The van der Waals surface area contributed by atoms with Crippen molar-refractivity contribution in [2.75, 3.05) is 11.9 Å². The van der Waals surface area contributed by atoms with Gasteiger partial charge in [-0.1, -0.05) is 46.3 Å². The molecule has 26 heavy (non-hydrogen) atoms. The molecular weight excluding hydrogens is 416 g/mol. The van der Waals surface area contributed by atoms with Crippen LogP contribution in [-0.4, -0.2) is 28.5 Å². The molecule has 132 valence electrons. The summed E-state index contributed by atoms with van der Waals surface area (Å²) in [5.41, 5.74) is 1.51. The Morgan fingerprint density at radius 1 is 1.12 bits per heavy atom. The molecule has 2 aromatic carbocycles. The maximum atomic E-state index is 12.4. The van der Waals surface area contributed by atoms with Gasteiger partial charge < -0.3 is 5.32 Å². The second-order valence-corrected chi connectivity index (χ2v) is 7.46. The number of halogens is 1. The fourth-order valence-electron chi connectivity index (χ4n) is 2.40. The van der Waals surface area contributed by atoms with Crippen LogP contribution in [0.2, 0.25) is 0 Å². The van der Waals surface area contributed by atoms with Crippen molar-refractivity contribution >= 4 is 56.5 Å². The molecule has 3 amide bonds. The van der Waals surface area contributed by atoms with Gasteiger partial charge in [-0.05, 0) is 47.7 Å². The molecule has 1 heterocycles. The maximum absolute atomic E-state index is 12.4. The van der Waals surface area contributed by atoms with Crippen LogP contribution in [0.15, 0.2) is 64.0 Å². The minimum absolute atomic E-state index is 0.0527. The first-order valence-corrected chi connectivity index (χ1v) is 9.50. The number of rotatable bonds is 5. The van der Waals surface area contributed by atoms with Crippen molar-refractivity contribution in [3.8, 4) is 0 Å². The Balaban J connectivity index is 1.61. The number of benzene rings is 2. The van der Waals surface area contributed by atoms with Gasteiger partial charge in [0.15, 0.2) is 0 Å². The van der Waals surface area contributed by atoms with Crippen molar-refractivity contribution < 1.29 is 14.4 Å². The molecule has 1 aliphatic heterocycles. The summed E-state index contributed by atoms with van der Waals surface area (Å²) in [6.45, 7) is 0.0547. The highest BCUT2D eigenvalue weighted by molar-refractivity contribution is 9.10. The third-order valence-electron chi connectivity index (χ3n) is 3.64. The topological polar surface area (TPSA) is 66.5 Å². The van der Waals surface area contributed by atoms with Crippen LogP contribution < -0.4 is 5.32 Å². The summed E-state index contributed by atoms with van der Waals surface area (Å²) in [5.74, 6) is -0.612. The molecule has 0 spiro atoms. The molecule has 0 saturated carbocycles. The monoisotopic (exact) mass is 430 g/mol. The van der Waals surface area contributed by atoms with Crippen molar-refractivity contribution in [3.63, 3.8) is 0 Å². The fourth-order valence-corrected chi connectivity index (χ4v) is 3.68. The van der Waals surface area contributed by atoms with Gasteiger partial charge in [0.05, 0.1) is 4.91 Å². The molecule has 1 fully saturated rings. The number of amides is 3. The number of nitrogens with zero attached hydrogens (tertiary/aromatic N) is 1. The number of para-hydroxylation sites is 1. The van der Waals surface area contributed by atoms with Gasteiger partial charge in [-0.25, -0.2) is 0 Å². The van der Waals surface area contributed by atoms with Crippen molar-refractivity contribution in [1.29, 1.82) is 0 Å². The van der Waals surface area contributed by atoms with E-state index < -0.39 is 0 Å². The minimum Gasteiger partial charge on any atom is -0.326 e. The Kier molecular flexibility index (Phi) is 5.90. The largest absolute Gasteiger partial charge is 0.326 e. The number of carbonyl (C=O) groups excluding carboxylic acids is 3. The Hall–Kier alpha value is -2.38. The number of thioether (sulfide) groups is 1. The first-order chi connectivity index (χ1) is 12.5. The average Bonchev–Trinajstić information content (AvgIpc) is 2.87. The molecule has 3 rings (SSSR count). The molecule has 5 nitrogen and oxygen atoms in total. The molecule has 0 aromatic heterocycles. The van der Waals surface area contributed by atoms with Gasteiger partial charge in [0, 0.05) is 23.1 Å². The zero-order chi connectivity index (χ0) is 18.5. The standard InChI is InChI=1S/C19H15BrN2O3S/c20-14-6-4-5-13(11-14)12-16-18(24)22(19(25)26-16)10-9-17(23)21-15-7-2-1-3-8-15/h1-8,11-12H,9-10H2,(H,21,23)/b16-12-. The molecule has 1 N–H and O–H groups in total. The summed E-state index contributed by atoms with van der Waals surface area (Å²) < 4.78 is 0.892. The summed E-state index contributed by atoms with van der Waals surface area (Å²) in [4.78, 5) is 38.0. The average molecular weight is 431 g/mol. The van der Waals surface area contributed by atoms with Gasteiger partial charge >= 0.3 is 0 Å². The highest BCUT2D eigenvalue weighted by atomic mass is 79.9. The van der Waals surface area contributed by atoms with Crippen molar-refractivity contribution in [3.05, 3.63) is 69.5 Å². The van der Waals surface area contributed by atoms with Gasteiger partial charge in [-0.2, -0.15) is 0 Å². The van der Waals surface area contributed by atoms with Crippen LogP contribution in [0, 0.1) is 0 Å². The Morgan fingerprint density at radius 2 is 1.88 bits per heavy atom. The van der Waals surface area contributed by atoms with Crippen LogP contribution in [0.1, 0.15) is 12.0 Å². The minimum atomic E-state index is -0.368. The highest BCUT2D eigenvalue weighted by Crippen LogP contribution is 2.32. The van der Waals surface area contributed by atoms with Gasteiger partial charge in [-0.3, -0.25) is 19.3 Å². The van der Waals surface area contributed by atoms with E-state index >= 15 is 0 Å². The van der Waals surface area contributed by atoms with Crippen molar-refractivity contribution in [2.24, 2.45) is 0 Å². The summed E-state index contributed by atoms with van der Waals surface area (Å²) >= 11 is 4.27. The predicted octanol–water partition coefficient (Wildman–Crippen LogP) is 4.51. The second-order valence-electron chi connectivity index (χ2n) is 5.55. The number of anilines is 1.